The zero-order valence-electron chi connectivity index (χ0n) is 17.7. The average Bonchev–Trinajstić information content (AvgIpc) is 3.12. The Labute approximate surface area is 195 Å². The topological polar surface area (TPSA) is 105 Å². The molecule has 4 rings (SSSR count). The molecule has 1 aliphatic carbocycles. The van der Waals surface area contributed by atoms with Crippen molar-refractivity contribution in [3.8, 4) is 11.1 Å². The van der Waals surface area contributed by atoms with Crippen molar-refractivity contribution in [3.05, 3.63) is 88.4 Å². The van der Waals surface area contributed by atoms with Crippen LogP contribution in [-0.2, 0) is 9.53 Å². The third-order valence-electron chi connectivity index (χ3n) is 5.54. The second-order valence-corrected chi connectivity index (χ2v) is 8.11. The highest BCUT2D eigenvalue weighted by Crippen LogP contribution is 2.44. The highest BCUT2D eigenvalue weighted by molar-refractivity contribution is 6.31. The summed E-state index contributed by atoms with van der Waals surface area (Å²) in [5.74, 6) is -1.92. The lowest BCUT2D eigenvalue weighted by Crippen LogP contribution is -2.42. The summed E-state index contributed by atoms with van der Waals surface area (Å²) < 4.78 is 5.45. The number of carbonyl (C=O) groups is 3. The van der Waals surface area contributed by atoms with Crippen molar-refractivity contribution in [2.75, 3.05) is 11.9 Å². The van der Waals surface area contributed by atoms with E-state index in [0.29, 0.717) is 0 Å². The van der Waals surface area contributed by atoms with E-state index in [1.165, 1.54) is 25.1 Å². The lowest BCUT2D eigenvalue weighted by atomic mass is 9.98. The molecule has 0 bridgehead atoms. The highest BCUT2D eigenvalue weighted by atomic mass is 35.5. The molecule has 2 amide bonds. The number of carboxylic acids is 1. The number of nitrogens with one attached hydrogen (secondary N) is 2. The molecule has 0 radical (unpaired) electrons. The van der Waals surface area contributed by atoms with Gasteiger partial charge in [0.1, 0.15) is 12.6 Å². The number of amides is 2. The van der Waals surface area contributed by atoms with Crippen LogP contribution >= 0.6 is 11.6 Å². The summed E-state index contributed by atoms with van der Waals surface area (Å²) in [5.41, 5.74) is 4.34. The number of rotatable bonds is 6. The number of benzene rings is 3. The van der Waals surface area contributed by atoms with Crippen LogP contribution in [0.25, 0.3) is 11.1 Å². The lowest BCUT2D eigenvalue weighted by Gasteiger charge is -2.17. The third kappa shape index (κ3) is 4.68. The molecule has 7 nitrogen and oxygen atoms in total. The fraction of sp³-hybridized carbons (Fsp3) is 0.160. The van der Waals surface area contributed by atoms with Crippen molar-refractivity contribution >= 4 is 35.3 Å². The van der Waals surface area contributed by atoms with Crippen LogP contribution in [0.1, 0.15) is 34.3 Å². The van der Waals surface area contributed by atoms with Crippen LogP contribution < -0.4 is 10.6 Å². The van der Waals surface area contributed by atoms with Crippen LogP contribution in [0.4, 0.5) is 10.5 Å². The third-order valence-corrected chi connectivity index (χ3v) is 5.78. The second kappa shape index (κ2) is 9.34. The molecule has 1 aliphatic rings. The Morgan fingerprint density at radius 3 is 2.21 bits per heavy atom. The molecular weight excluding hydrogens is 444 g/mol. The number of alkyl carbamates (subject to hydrolysis) is 1. The van der Waals surface area contributed by atoms with Crippen LogP contribution in [0.3, 0.4) is 0 Å². The molecular formula is C25H21ClN2O5. The van der Waals surface area contributed by atoms with Crippen LogP contribution in [0, 0.1) is 0 Å². The Bertz CT molecular complexity index is 1200. The van der Waals surface area contributed by atoms with Gasteiger partial charge >= 0.3 is 12.1 Å². The number of aromatic carboxylic acids is 1. The zero-order valence-corrected chi connectivity index (χ0v) is 18.4. The number of carbonyl (C=O) groups excluding carboxylic acids is 2. The van der Waals surface area contributed by atoms with Gasteiger partial charge in [-0.1, -0.05) is 60.1 Å². The first-order chi connectivity index (χ1) is 15.8. The largest absolute Gasteiger partial charge is 0.478 e. The van der Waals surface area contributed by atoms with Gasteiger partial charge in [-0.15, -0.1) is 0 Å². The van der Waals surface area contributed by atoms with Gasteiger partial charge in [-0.05, 0) is 47.4 Å². The minimum atomic E-state index is -1.23. The normalized spacial score (nSPS) is 12.9. The van der Waals surface area contributed by atoms with E-state index in [9.17, 15) is 19.5 Å². The first-order valence-electron chi connectivity index (χ1n) is 10.3. The summed E-state index contributed by atoms with van der Waals surface area (Å²) in [6.45, 7) is 1.60. The van der Waals surface area contributed by atoms with Gasteiger partial charge in [-0.2, -0.15) is 0 Å². The number of anilines is 1. The minimum Gasteiger partial charge on any atom is -0.478 e. The van der Waals surface area contributed by atoms with Crippen LogP contribution in [0.2, 0.25) is 5.02 Å². The van der Waals surface area contributed by atoms with Crippen LogP contribution in [0.5, 0.6) is 0 Å². The summed E-state index contributed by atoms with van der Waals surface area (Å²) in [5, 5.41) is 14.5. The minimum absolute atomic E-state index is 0.0816. The van der Waals surface area contributed by atoms with Crippen molar-refractivity contribution in [2.24, 2.45) is 0 Å². The Balaban J connectivity index is 1.38. The maximum Gasteiger partial charge on any atom is 0.407 e. The quantitative estimate of drug-likeness (QED) is 0.481. The monoisotopic (exact) mass is 464 g/mol. The van der Waals surface area contributed by atoms with Gasteiger partial charge in [0.25, 0.3) is 0 Å². The van der Waals surface area contributed by atoms with E-state index in [4.69, 9.17) is 16.3 Å². The molecule has 168 valence electrons. The van der Waals surface area contributed by atoms with E-state index in [2.05, 4.69) is 10.6 Å². The van der Waals surface area contributed by atoms with Crippen molar-refractivity contribution in [3.63, 3.8) is 0 Å². The molecule has 0 heterocycles. The zero-order chi connectivity index (χ0) is 23.5. The Kier molecular flexibility index (Phi) is 6.33. The SMILES string of the molecule is C[C@H](NC(=O)OCC1c2ccccc2-c2ccccc21)C(=O)Nc1ccc(Cl)cc1C(=O)O. The van der Waals surface area contributed by atoms with Gasteiger partial charge in [-0.25, -0.2) is 9.59 Å². The molecule has 0 aromatic heterocycles. The molecule has 3 N–H and O–H groups in total. The predicted octanol–water partition coefficient (Wildman–Crippen LogP) is 4.90. The van der Waals surface area contributed by atoms with Crippen molar-refractivity contribution in [2.45, 2.75) is 18.9 Å². The van der Waals surface area contributed by atoms with Gasteiger partial charge in [0, 0.05) is 10.9 Å². The van der Waals surface area contributed by atoms with E-state index in [1.54, 1.807) is 0 Å². The van der Waals surface area contributed by atoms with Gasteiger partial charge in [0.2, 0.25) is 5.91 Å². The van der Waals surface area contributed by atoms with E-state index in [1.807, 2.05) is 48.5 Å². The van der Waals surface area contributed by atoms with Crippen molar-refractivity contribution < 1.29 is 24.2 Å². The summed E-state index contributed by atoms with van der Waals surface area (Å²) in [6.07, 6.45) is -0.742. The van der Waals surface area contributed by atoms with E-state index >= 15 is 0 Å². The van der Waals surface area contributed by atoms with E-state index in [0.717, 1.165) is 22.3 Å². The maximum absolute atomic E-state index is 12.5. The smallest absolute Gasteiger partial charge is 0.407 e. The summed E-state index contributed by atoms with van der Waals surface area (Å²) >= 11 is 5.83. The molecule has 3 aromatic rings. The van der Waals surface area contributed by atoms with Crippen molar-refractivity contribution in [1.82, 2.24) is 5.32 Å². The molecule has 0 fully saturated rings. The van der Waals surface area contributed by atoms with Crippen LogP contribution in [0.15, 0.2) is 66.7 Å². The van der Waals surface area contributed by atoms with Gasteiger partial charge in [0.05, 0.1) is 11.3 Å². The number of hydrogen-bond donors (Lipinski definition) is 3. The molecule has 0 spiro atoms. The number of fused-ring (bicyclic) bond motifs is 3. The average molecular weight is 465 g/mol. The van der Waals surface area contributed by atoms with Gasteiger partial charge in [-0.3, -0.25) is 4.79 Å². The molecule has 33 heavy (non-hydrogen) atoms. The first kappa shape index (κ1) is 22.4. The Hall–Kier alpha value is -3.84. The molecule has 0 aliphatic heterocycles. The maximum atomic E-state index is 12.5. The molecule has 0 saturated carbocycles. The molecule has 0 saturated heterocycles. The number of halogens is 1. The summed E-state index contributed by atoms with van der Waals surface area (Å²) in [4.78, 5) is 36.3. The Morgan fingerprint density at radius 1 is 1.00 bits per heavy atom. The second-order valence-electron chi connectivity index (χ2n) is 7.68. The molecule has 0 unspecified atom stereocenters. The van der Waals surface area contributed by atoms with Gasteiger partial charge in [0.15, 0.2) is 0 Å². The fourth-order valence-corrected chi connectivity index (χ4v) is 4.10. The lowest BCUT2D eigenvalue weighted by molar-refractivity contribution is -0.117. The fourth-order valence-electron chi connectivity index (χ4n) is 3.93. The summed E-state index contributed by atoms with van der Waals surface area (Å²) in [6, 6.07) is 19.1. The predicted molar refractivity (Wildman–Crippen MR) is 125 cm³/mol. The molecule has 8 heteroatoms. The molecule has 1 atom stereocenters. The standard InChI is InChI=1S/C25H21ClN2O5/c1-14(23(29)28-22-11-10-15(26)12-20(22)24(30)31)27-25(32)33-13-21-18-8-4-2-6-16(18)17-7-3-5-9-19(17)21/h2-12,14,21H,13H2,1H3,(H,27,32)(H,28,29)(H,30,31)/t14-/m0/s1. The molecule has 3 aromatic carbocycles. The van der Waals surface area contributed by atoms with Crippen molar-refractivity contribution in [1.29, 1.82) is 0 Å². The Morgan fingerprint density at radius 2 is 1.61 bits per heavy atom. The summed E-state index contributed by atoms with van der Waals surface area (Å²) in [7, 11) is 0. The number of ether oxygens (including phenoxy) is 1. The van der Waals surface area contributed by atoms with Gasteiger partial charge < -0.3 is 20.5 Å². The number of carboxylic acid groups (broad SMARTS) is 1. The number of hydrogen-bond acceptors (Lipinski definition) is 4. The van der Waals surface area contributed by atoms with Crippen LogP contribution in [-0.4, -0.2) is 35.7 Å². The first-order valence-corrected chi connectivity index (χ1v) is 10.7. The van der Waals surface area contributed by atoms with E-state index < -0.39 is 24.0 Å². The van der Waals surface area contributed by atoms with E-state index in [-0.39, 0.29) is 28.8 Å². The highest BCUT2D eigenvalue weighted by Gasteiger charge is 2.29.